The van der Waals surface area contributed by atoms with E-state index in [1.807, 2.05) is 6.92 Å². The Bertz CT molecular complexity index is 219. The highest BCUT2D eigenvalue weighted by Crippen LogP contribution is 2.30. The molecule has 3 N–H and O–H groups in total. The molecule has 0 bridgehead atoms. The van der Waals surface area contributed by atoms with E-state index < -0.39 is 11.5 Å². The summed E-state index contributed by atoms with van der Waals surface area (Å²) in [5.74, 6) is -0.793. The van der Waals surface area contributed by atoms with Crippen molar-refractivity contribution in [3.63, 3.8) is 0 Å². The van der Waals surface area contributed by atoms with Crippen LogP contribution < -0.4 is 5.73 Å². The molecule has 0 aromatic carbocycles. The van der Waals surface area contributed by atoms with Gasteiger partial charge < -0.3 is 15.6 Å². The van der Waals surface area contributed by atoms with Gasteiger partial charge in [0.2, 0.25) is 0 Å². The Morgan fingerprint density at radius 3 is 2.50 bits per heavy atom. The first-order valence-corrected chi connectivity index (χ1v) is 5.71. The number of ether oxygens (including phenoxy) is 1. The van der Waals surface area contributed by atoms with Crippen LogP contribution in [0.25, 0.3) is 0 Å². The molecule has 1 aliphatic heterocycles. The number of hydrogen-bond acceptors (Lipinski definition) is 3. The van der Waals surface area contributed by atoms with Crippen LogP contribution in [0.5, 0.6) is 0 Å². The zero-order valence-corrected chi connectivity index (χ0v) is 10.6. The van der Waals surface area contributed by atoms with Crippen LogP contribution in [0, 0.1) is 5.92 Å². The van der Waals surface area contributed by atoms with E-state index in [4.69, 9.17) is 10.5 Å². The van der Waals surface area contributed by atoms with Gasteiger partial charge in [-0.2, -0.15) is 0 Å². The molecule has 1 rings (SSSR count). The van der Waals surface area contributed by atoms with Gasteiger partial charge in [0, 0.05) is 13.2 Å². The number of carboxylic acid groups (broad SMARTS) is 1. The molecule has 0 unspecified atom stereocenters. The van der Waals surface area contributed by atoms with Crippen molar-refractivity contribution in [2.24, 2.45) is 11.7 Å². The second-order valence-corrected chi connectivity index (χ2v) is 4.34. The fourth-order valence-corrected chi connectivity index (χ4v) is 2.17. The fourth-order valence-electron chi connectivity index (χ4n) is 2.17. The van der Waals surface area contributed by atoms with Crippen LogP contribution in [0.2, 0.25) is 0 Å². The molecule has 1 heterocycles. The molecule has 5 heteroatoms. The SMILES string of the molecule is CCCC[C@](N)(C(=O)O)C1CCOCC1.Cl. The number of unbranched alkanes of at least 4 members (excludes halogenated alkanes) is 1. The van der Waals surface area contributed by atoms with E-state index in [0.29, 0.717) is 19.6 Å². The normalized spacial score (nSPS) is 20.9. The molecular weight excluding hydrogens is 230 g/mol. The quantitative estimate of drug-likeness (QED) is 0.782. The maximum atomic E-state index is 11.3. The number of aliphatic carboxylic acids is 1. The largest absolute Gasteiger partial charge is 0.480 e. The molecule has 0 saturated carbocycles. The molecular formula is C11H22ClNO3. The summed E-state index contributed by atoms with van der Waals surface area (Å²) in [7, 11) is 0. The molecule has 1 fully saturated rings. The van der Waals surface area contributed by atoms with Gasteiger partial charge in [-0.15, -0.1) is 12.4 Å². The van der Waals surface area contributed by atoms with Crippen LogP contribution in [0.3, 0.4) is 0 Å². The number of halogens is 1. The summed E-state index contributed by atoms with van der Waals surface area (Å²) < 4.78 is 5.23. The van der Waals surface area contributed by atoms with Crippen LogP contribution >= 0.6 is 12.4 Å². The van der Waals surface area contributed by atoms with Crippen molar-refractivity contribution in [3.8, 4) is 0 Å². The molecule has 0 spiro atoms. The van der Waals surface area contributed by atoms with Crippen molar-refractivity contribution < 1.29 is 14.6 Å². The minimum atomic E-state index is -1.04. The van der Waals surface area contributed by atoms with Gasteiger partial charge in [0.15, 0.2) is 0 Å². The highest BCUT2D eigenvalue weighted by Gasteiger charge is 2.41. The third-order valence-electron chi connectivity index (χ3n) is 3.29. The first-order valence-electron chi connectivity index (χ1n) is 5.71. The molecule has 0 aliphatic carbocycles. The van der Waals surface area contributed by atoms with Crippen LogP contribution in [0.15, 0.2) is 0 Å². The average molecular weight is 252 g/mol. The summed E-state index contributed by atoms with van der Waals surface area (Å²) in [4.78, 5) is 11.3. The van der Waals surface area contributed by atoms with Crippen LogP contribution in [-0.4, -0.2) is 29.8 Å². The molecule has 0 aromatic rings. The highest BCUT2D eigenvalue weighted by molar-refractivity contribution is 5.85. The van der Waals surface area contributed by atoms with Gasteiger partial charge in [0.25, 0.3) is 0 Å². The lowest BCUT2D eigenvalue weighted by molar-refractivity contribution is -0.147. The lowest BCUT2D eigenvalue weighted by Crippen LogP contribution is -2.55. The summed E-state index contributed by atoms with van der Waals surface area (Å²) in [5.41, 5.74) is 5.00. The average Bonchev–Trinajstić information content (AvgIpc) is 2.27. The molecule has 16 heavy (non-hydrogen) atoms. The fraction of sp³-hybridized carbons (Fsp3) is 0.909. The first-order chi connectivity index (χ1) is 7.11. The molecule has 1 saturated heterocycles. The first kappa shape index (κ1) is 15.7. The van der Waals surface area contributed by atoms with Gasteiger partial charge in [0.1, 0.15) is 5.54 Å². The lowest BCUT2D eigenvalue weighted by Gasteiger charge is -2.36. The topological polar surface area (TPSA) is 72.6 Å². The van der Waals surface area contributed by atoms with Gasteiger partial charge in [0.05, 0.1) is 0 Å². The van der Waals surface area contributed by atoms with Gasteiger partial charge in [-0.1, -0.05) is 19.8 Å². The molecule has 0 aromatic heterocycles. The smallest absolute Gasteiger partial charge is 0.323 e. The van der Waals surface area contributed by atoms with Crippen molar-refractivity contribution in [3.05, 3.63) is 0 Å². The summed E-state index contributed by atoms with van der Waals surface area (Å²) in [6, 6.07) is 0. The Hall–Kier alpha value is -0.320. The number of rotatable bonds is 5. The lowest BCUT2D eigenvalue weighted by atomic mass is 9.76. The van der Waals surface area contributed by atoms with Gasteiger partial charge in [-0.3, -0.25) is 4.79 Å². The Morgan fingerprint density at radius 2 is 2.06 bits per heavy atom. The maximum absolute atomic E-state index is 11.3. The zero-order chi connectivity index (χ0) is 11.3. The van der Waals surface area contributed by atoms with Crippen LogP contribution in [-0.2, 0) is 9.53 Å². The second kappa shape index (κ2) is 7.09. The minimum absolute atomic E-state index is 0. The highest BCUT2D eigenvalue weighted by atomic mass is 35.5. The van der Waals surface area contributed by atoms with E-state index in [9.17, 15) is 9.90 Å². The molecule has 4 nitrogen and oxygen atoms in total. The molecule has 96 valence electrons. The standard InChI is InChI=1S/C11H21NO3.ClH/c1-2-3-6-11(12,10(13)14)9-4-7-15-8-5-9;/h9H,2-8,12H2,1H3,(H,13,14);1H/t11-;/m1./s1. The number of hydrogen-bond donors (Lipinski definition) is 2. The number of carbonyl (C=O) groups is 1. The summed E-state index contributed by atoms with van der Waals surface area (Å²) in [6.07, 6.45) is 3.97. The number of nitrogens with two attached hydrogens (primary N) is 1. The van der Waals surface area contributed by atoms with E-state index in [2.05, 4.69) is 0 Å². The number of carboxylic acids is 1. The summed E-state index contributed by atoms with van der Waals surface area (Å²) in [6.45, 7) is 3.33. The van der Waals surface area contributed by atoms with Gasteiger partial charge in [-0.05, 0) is 25.2 Å². The minimum Gasteiger partial charge on any atom is -0.480 e. The van der Waals surface area contributed by atoms with Crippen molar-refractivity contribution >= 4 is 18.4 Å². The zero-order valence-electron chi connectivity index (χ0n) is 9.78. The molecule has 1 atom stereocenters. The van der Waals surface area contributed by atoms with Crippen LogP contribution in [0.1, 0.15) is 39.0 Å². The Kier molecular flexibility index (Phi) is 6.95. The summed E-state index contributed by atoms with van der Waals surface area (Å²) in [5, 5.41) is 9.25. The van der Waals surface area contributed by atoms with E-state index in [-0.39, 0.29) is 18.3 Å². The predicted octanol–water partition coefficient (Wildman–Crippen LogP) is 1.81. The predicted molar refractivity (Wildman–Crippen MR) is 64.9 cm³/mol. The van der Waals surface area contributed by atoms with E-state index in [0.717, 1.165) is 25.7 Å². The van der Waals surface area contributed by atoms with Crippen molar-refractivity contribution in [1.82, 2.24) is 0 Å². The monoisotopic (exact) mass is 251 g/mol. The second-order valence-electron chi connectivity index (χ2n) is 4.34. The third kappa shape index (κ3) is 3.61. The molecule has 0 radical (unpaired) electrons. The van der Waals surface area contributed by atoms with Gasteiger partial charge in [-0.25, -0.2) is 0 Å². The van der Waals surface area contributed by atoms with E-state index in [1.54, 1.807) is 0 Å². The van der Waals surface area contributed by atoms with Crippen molar-refractivity contribution in [1.29, 1.82) is 0 Å². The van der Waals surface area contributed by atoms with Crippen molar-refractivity contribution in [2.75, 3.05) is 13.2 Å². The molecule has 0 amide bonds. The Morgan fingerprint density at radius 1 is 1.50 bits per heavy atom. The van der Waals surface area contributed by atoms with E-state index >= 15 is 0 Å². The Labute approximate surface area is 103 Å². The molecule has 1 aliphatic rings. The van der Waals surface area contributed by atoms with E-state index in [1.165, 1.54) is 0 Å². The van der Waals surface area contributed by atoms with Crippen LogP contribution in [0.4, 0.5) is 0 Å². The summed E-state index contributed by atoms with van der Waals surface area (Å²) >= 11 is 0. The third-order valence-corrected chi connectivity index (χ3v) is 3.29. The Balaban J connectivity index is 0.00000225. The van der Waals surface area contributed by atoms with Crippen molar-refractivity contribution in [2.45, 2.75) is 44.6 Å². The van der Waals surface area contributed by atoms with Gasteiger partial charge >= 0.3 is 5.97 Å². The maximum Gasteiger partial charge on any atom is 0.323 e.